The number of benzene rings is 2. The Labute approximate surface area is 141 Å². The number of aryl methyl sites for hydroxylation is 2. The Morgan fingerprint density at radius 2 is 1.78 bits per heavy atom. The minimum Gasteiger partial charge on any atom is -0.481 e. The summed E-state index contributed by atoms with van der Waals surface area (Å²) in [4.78, 5) is 15.6. The predicted molar refractivity (Wildman–Crippen MR) is 95.1 cm³/mol. The highest BCUT2D eigenvalue weighted by atomic mass is 35.5. The van der Waals surface area contributed by atoms with Crippen LogP contribution in [-0.2, 0) is 11.2 Å². The number of fused-ring (bicyclic) bond motifs is 1. The standard InChI is InChI=1S/C19H17NO2.ClH/c1-13-6-8-14(9-7-13)18-12-15(10-11-19(21)22)16-4-2-3-5-17(16)20-18;/h2-9,12H,10-11H2,1H3,(H,21,22);1H. The highest BCUT2D eigenvalue weighted by molar-refractivity contribution is 5.86. The summed E-state index contributed by atoms with van der Waals surface area (Å²) in [5.41, 5.74) is 5.08. The van der Waals surface area contributed by atoms with E-state index < -0.39 is 5.97 Å². The Morgan fingerprint density at radius 1 is 1.09 bits per heavy atom. The van der Waals surface area contributed by atoms with Crippen molar-refractivity contribution in [3.8, 4) is 11.3 Å². The summed E-state index contributed by atoms with van der Waals surface area (Å²) in [6.07, 6.45) is 0.637. The van der Waals surface area contributed by atoms with Gasteiger partial charge in [-0.15, -0.1) is 12.4 Å². The highest BCUT2D eigenvalue weighted by Gasteiger charge is 2.09. The number of halogens is 1. The molecule has 1 N–H and O–H groups in total. The van der Waals surface area contributed by atoms with E-state index in [1.807, 2.05) is 42.5 Å². The van der Waals surface area contributed by atoms with E-state index >= 15 is 0 Å². The van der Waals surface area contributed by atoms with E-state index in [1.165, 1.54) is 5.56 Å². The summed E-state index contributed by atoms with van der Waals surface area (Å²) in [6, 6.07) is 18.1. The molecule has 118 valence electrons. The first-order valence-corrected chi connectivity index (χ1v) is 7.31. The van der Waals surface area contributed by atoms with Crippen molar-refractivity contribution in [2.45, 2.75) is 19.8 Å². The van der Waals surface area contributed by atoms with Crippen molar-refractivity contribution < 1.29 is 9.90 Å². The maximum Gasteiger partial charge on any atom is 0.303 e. The molecule has 0 fully saturated rings. The maximum absolute atomic E-state index is 10.9. The van der Waals surface area contributed by atoms with E-state index in [-0.39, 0.29) is 18.8 Å². The number of para-hydroxylation sites is 1. The largest absolute Gasteiger partial charge is 0.481 e. The van der Waals surface area contributed by atoms with E-state index in [9.17, 15) is 4.79 Å². The topological polar surface area (TPSA) is 50.2 Å². The van der Waals surface area contributed by atoms with Gasteiger partial charge in [-0.1, -0.05) is 48.0 Å². The van der Waals surface area contributed by atoms with Crippen LogP contribution in [0.4, 0.5) is 0 Å². The molecule has 0 saturated carbocycles. The number of aliphatic carboxylic acids is 1. The van der Waals surface area contributed by atoms with Crippen molar-refractivity contribution in [1.82, 2.24) is 4.98 Å². The molecule has 1 heterocycles. The Hall–Kier alpha value is -2.39. The number of carboxylic acids is 1. The Balaban J connectivity index is 0.00000192. The van der Waals surface area contributed by atoms with Gasteiger partial charge in [-0.2, -0.15) is 0 Å². The third-order valence-electron chi connectivity index (χ3n) is 3.76. The van der Waals surface area contributed by atoms with Crippen LogP contribution in [0.15, 0.2) is 54.6 Å². The van der Waals surface area contributed by atoms with Gasteiger partial charge in [0.1, 0.15) is 0 Å². The van der Waals surface area contributed by atoms with Crippen LogP contribution < -0.4 is 0 Å². The zero-order valence-corrected chi connectivity index (χ0v) is 13.6. The first-order chi connectivity index (χ1) is 10.6. The van der Waals surface area contributed by atoms with E-state index in [0.717, 1.165) is 27.7 Å². The van der Waals surface area contributed by atoms with Crippen molar-refractivity contribution in [3.63, 3.8) is 0 Å². The molecule has 0 aliphatic carbocycles. The van der Waals surface area contributed by atoms with Gasteiger partial charge in [0.25, 0.3) is 0 Å². The molecule has 3 aromatic rings. The maximum atomic E-state index is 10.9. The lowest BCUT2D eigenvalue weighted by atomic mass is 10.0. The van der Waals surface area contributed by atoms with Gasteiger partial charge in [-0.25, -0.2) is 4.98 Å². The lowest BCUT2D eigenvalue weighted by Crippen LogP contribution is -1.99. The van der Waals surface area contributed by atoms with Gasteiger partial charge in [0.2, 0.25) is 0 Å². The summed E-state index contributed by atoms with van der Waals surface area (Å²) < 4.78 is 0. The van der Waals surface area contributed by atoms with Crippen molar-refractivity contribution in [3.05, 3.63) is 65.7 Å². The molecule has 0 atom stereocenters. The van der Waals surface area contributed by atoms with Crippen molar-refractivity contribution in [2.75, 3.05) is 0 Å². The van der Waals surface area contributed by atoms with E-state index in [0.29, 0.717) is 6.42 Å². The normalized spacial score (nSPS) is 10.3. The molecule has 0 radical (unpaired) electrons. The number of nitrogens with zero attached hydrogens (tertiary/aromatic N) is 1. The fraction of sp³-hybridized carbons (Fsp3) is 0.158. The van der Waals surface area contributed by atoms with Crippen LogP contribution in [0.5, 0.6) is 0 Å². The third-order valence-corrected chi connectivity index (χ3v) is 3.76. The lowest BCUT2D eigenvalue weighted by molar-refractivity contribution is -0.136. The van der Waals surface area contributed by atoms with Crippen LogP contribution in [0.25, 0.3) is 22.2 Å². The van der Waals surface area contributed by atoms with E-state index in [2.05, 4.69) is 19.1 Å². The third kappa shape index (κ3) is 3.88. The SMILES string of the molecule is Cc1ccc(-c2cc(CCC(=O)O)c3ccccc3n2)cc1.Cl. The Kier molecular flexibility index (Phi) is 5.35. The molecule has 2 aromatic carbocycles. The number of aromatic nitrogens is 1. The quantitative estimate of drug-likeness (QED) is 0.758. The predicted octanol–water partition coefficient (Wildman–Crippen LogP) is 4.65. The molecule has 0 spiro atoms. The average Bonchev–Trinajstić information content (AvgIpc) is 2.53. The second-order valence-electron chi connectivity index (χ2n) is 5.44. The number of hydrogen-bond donors (Lipinski definition) is 1. The smallest absolute Gasteiger partial charge is 0.303 e. The van der Waals surface area contributed by atoms with Crippen molar-refractivity contribution in [2.24, 2.45) is 0 Å². The van der Waals surface area contributed by atoms with Gasteiger partial charge in [-0.3, -0.25) is 4.79 Å². The van der Waals surface area contributed by atoms with Gasteiger partial charge >= 0.3 is 5.97 Å². The fourth-order valence-corrected chi connectivity index (χ4v) is 2.57. The van der Waals surface area contributed by atoms with Crippen LogP contribution in [0.3, 0.4) is 0 Å². The molecule has 0 unspecified atom stereocenters. The first-order valence-electron chi connectivity index (χ1n) is 7.31. The van der Waals surface area contributed by atoms with Gasteiger partial charge in [0.05, 0.1) is 11.2 Å². The summed E-state index contributed by atoms with van der Waals surface area (Å²) in [5, 5.41) is 9.98. The van der Waals surface area contributed by atoms with E-state index in [4.69, 9.17) is 10.1 Å². The minimum atomic E-state index is -0.780. The molecule has 23 heavy (non-hydrogen) atoms. The molecule has 0 bridgehead atoms. The molecule has 3 rings (SSSR count). The summed E-state index contributed by atoms with van der Waals surface area (Å²) >= 11 is 0. The monoisotopic (exact) mass is 327 g/mol. The van der Waals surface area contributed by atoms with Crippen LogP contribution in [0.1, 0.15) is 17.5 Å². The summed E-state index contributed by atoms with van der Waals surface area (Å²) in [5.74, 6) is -0.780. The van der Waals surface area contributed by atoms with Crippen LogP contribution in [-0.4, -0.2) is 16.1 Å². The minimum absolute atomic E-state index is 0. The molecule has 3 nitrogen and oxygen atoms in total. The van der Waals surface area contributed by atoms with Gasteiger partial charge in [0.15, 0.2) is 0 Å². The van der Waals surface area contributed by atoms with Gasteiger partial charge in [-0.05, 0) is 31.0 Å². The molecular formula is C19H18ClNO2. The first kappa shape index (κ1) is 17.0. The molecule has 0 amide bonds. The van der Waals surface area contributed by atoms with E-state index in [1.54, 1.807) is 0 Å². The van der Waals surface area contributed by atoms with Crippen LogP contribution in [0, 0.1) is 6.92 Å². The fourth-order valence-electron chi connectivity index (χ4n) is 2.57. The summed E-state index contributed by atoms with van der Waals surface area (Å²) in [6.45, 7) is 2.05. The molecular weight excluding hydrogens is 310 g/mol. The second-order valence-corrected chi connectivity index (χ2v) is 5.44. The van der Waals surface area contributed by atoms with Crippen molar-refractivity contribution >= 4 is 29.3 Å². The molecule has 4 heteroatoms. The van der Waals surface area contributed by atoms with Gasteiger partial charge < -0.3 is 5.11 Å². The van der Waals surface area contributed by atoms with Crippen LogP contribution in [0.2, 0.25) is 0 Å². The molecule has 0 aliphatic heterocycles. The highest BCUT2D eigenvalue weighted by Crippen LogP contribution is 2.26. The second kappa shape index (κ2) is 7.25. The number of rotatable bonds is 4. The number of pyridine rings is 1. The van der Waals surface area contributed by atoms with Gasteiger partial charge in [0, 0.05) is 17.4 Å². The Morgan fingerprint density at radius 3 is 2.48 bits per heavy atom. The molecule has 1 aromatic heterocycles. The lowest BCUT2D eigenvalue weighted by Gasteiger charge is -2.09. The number of hydrogen-bond acceptors (Lipinski definition) is 2. The number of carbonyl (C=O) groups is 1. The van der Waals surface area contributed by atoms with Crippen molar-refractivity contribution in [1.29, 1.82) is 0 Å². The van der Waals surface area contributed by atoms with Crippen LogP contribution >= 0.6 is 12.4 Å². The zero-order chi connectivity index (χ0) is 15.5. The Bertz CT molecular complexity index is 828. The zero-order valence-electron chi connectivity index (χ0n) is 12.8. The molecule has 0 saturated heterocycles. The average molecular weight is 328 g/mol. The number of carboxylic acid groups (broad SMARTS) is 1. The summed E-state index contributed by atoms with van der Waals surface area (Å²) in [7, 11) is 0. The molecule has 0 aliphatic rings.